The molecule has 0 spiro atoms. The molecule has 32 heavy (non-hydrogen) atoms. The average molecular weight is 458 g/mol. The topological polar surface area (TPSA) is 104 Å². The van der Waals surface area contributed by atoms with Crippen LogP contribution in [0.15, 0.2) is 45.6 Å². The molecule has 0 saturated heterocycles. The highest BCUT2D eigenvalue weighted by Gasteiger charge is 2.17. The number of carbonyl (C=O) groups is 2. The number of esters is 1. The molecule has 0 aliphatic carbocycles. The number of amides is 1. The van der Waals surface area contributed by atoms with E-state index >= 15 is 0 Å². The van der Waals surface area contributed by atoms with E-state index in [9.17, 15) is 14.4 Å². The van der Waals surface area contributed by atoms with E-state index in [0.717, 1.165) is 6.42 Å². The van der Waals surface area contributed by atoms with Crippen molar-refractivity contribution in [2.45, 2.75) is 26.4 Å². The zero-order chi connectivity index (χ0) is 22.7. The molecule has 0 bridgehead atoms. The Balaban J connectivity index is 1.48. The van der Waals surface area contributed by atoms with E-state index in [4.69, 9.17) is 30.2 Å². The van der Waals surface area contributed by atoms with Crippen molar-refractivity contribution in [1.29, 1.82) is 0 Å². The van der Waals surface area contributed by atoms with Crippen molar-refractivity contribution in [3.63, 3.8) is 0 Å². The van der Waals surface area contributed by atoms with Gasteiger partial charge in [0.25, 0.3) is 0 Å². The van der Waals surface area contributed by atoms with E-state index in [2.05, 4.69) is 5.32 Å². The van der Waals surface area contributed by atoms with Crippen LogP contribution in [-0.4, -0.2) is 25.1 Å². The number of ether oxygens (including phenoxy) is 3. The van der Waals surface area contributed by atoms with Crippen LogP contribution in [-0.2, 0) is 27.4 Å². The fourth-order valence-electron chi connectivity index (χ4n) is 3.39. The molecular formula is C23H20ClNO7. The first-order chi connectivity index (χ1) is 15.4. The standard InChI is InChI=1S/C23H20ClNO7/c1-13(26)25-16-3-4-17-15(10-22(28)32-19(17)11-16)12-31-21(27)9-14-7-18(24)23-20(8-14)29-5-2-6-30-23/h3-4,7-8,10-11H,2,5-6,9,12H2,1H3,(H,25,26). The first kappa shape index (κ1) is 21.7. The quantitative estimate of drug-likeness (QED) is 0.458. The number of hydrogen-bond donors (Lipinski definition) is 1. The largest absolute Gasteiger partial charge is 0.489 e. The van der Waals surface area contributed by atoms with Gasteiger partial charge < -0.3 is 23.9 Å². The smallest absolute Gasteiger partial charge is 0.336 e. The Bertz CT molecular complexity index is 1250. The summed E-state index contributed by atoms with van der Waals surface area (Å²) in [5.74, 6) is 0.236. The second-order valence-corrected chi connectivity index (χ2v) is 7.68. The van der Waals surface area contributed by atoms with Crippen LogP contribution >= 0.6 is 11.6 Å². The fraction of sp³-hybridized carbons (Fsp3) is 0.261. The number of halogens is 1. The van der Waals surface area contributed by atoms with Crippen LogP contribution in [0.4, 0.5) is 5.69 Å². The van der Waals surface area contributed by atoms with Gasteiger partial charge in [0.15, 0.2) is 11.5 Å². The van der Waals surface area contributed by atoms with Gasteiger partial charge in [0, 0.05) is 42.1 Å². The summed E-state index contributed by atoms with van der Waals surface area (Å²) in [6.07, 6.45) is 0.718. The normalized spacial score (nSPS) is 12.8. The third kappa shape index (κ3) is 5.03. The van der Waals surface area contributed by atoms with Crippen LogP contribution in [0.5, 0.6) is 11.5 Å². The van der Waals surface area contributed by atoms with Gasteiger partial charge in [-0.05, 0) is 29.8 Å². The maximum absolute atomic E-state index is 12.4. The first-order valence-corrected chi connectivity index (χ1v) is 10.3. The lowest BCUT2D eigenvalue weighted by molar-refractivity contribution is -0.144. The van der Waals surface area contributed by atoms with Crippen LogP contribution < -0.4 is 20.4 Å². The molecular weight excluding hydrogens is 438 g/mol. The van der Waals surface area contributed by atoms with E-state index < -0.39 is 11.6 Å². The van der Waals surface area contributed by atoms with Crippen LogP contribution in [0.1, 0.15) is 24.5 Å². The minimum atomic E-state index is -0.585. The summed E-state index contributed by atoms with van der Waals surface area (Å²) in [5, 5.41) is 3.60. The summed E-state index contributed by atoms with van der Waals surface area (Å²) < 4.78 is 21.8. The summed E-state index contributed by atoms with van der Waals surface area (Å²) in [6, 6.07) is 9.54. The zero-order valence-electron chi connectivity index (χ0n) is 17.2. The Kier molecular flexibility index (Phi) is 6.32. The van der Waals surface area contributed by atoms with Crippen LogP contribution in [0.3, 0.4) is 0 Å². The van der Waals surface area contributed by atoms with Crippen molar-refractivity contribution in [2.75, 3.05) is 18.5 Å². The van der Waals surface area contributed by atoms with Crippen molar-refractivity contribution in [3.05, 3.63) is 63.0 Å². The number of anilines is 1. The highest BCUT2D eigenvalue weighted by Crippen LogP contribution is 2.38. The van der Waals surface area contributed by atoms with Gasteiger partial charge in [-0.15, -0.1) is 0 Å². The lowest BCUT2D eigenvalue weighted by Gasteiger charge is -2.12. The SMILES string of the molecule is CC(=O)Nc1ccc2c(COC(=O)Cc3cc(Cl)c4c(c3)OCCCO4)cc(=O)oc2c1. The molecule has 3 aromatic rings. The van der Waals surface area contributed by atoms with Gasteiger partial charge in [-0.1, -0.05) is 11.6 Å². The van der Waals surface area contributed by atoms with Gasteiger partial charge in [-0.3, -0.25) is 9.59 Å². The van der Waals surface area contributed by atoms with Gasteiger partial charge in [-0.2, -0.15) is 0 Å². The van der Waals surface area contributed by atoms with Crippen molar-refractivity contribution in [2.24, 2.45) is 0 Å². The van der Waals surface area contributed by atoms with Crippen LogP contribution in [0.2, 0.25) is 5.02 Å². The van der Waals surface area contributed by atoms with Crippen molar-refractivity contribution < 1.29 is 28.2 Å². The monoisotopic (exact) mass is 457 g/mol. The minimum Gasteiger partial charge on any atom is -0.489 e. The molecule has 2 heterocycles. The van der Waals surface area contributed by atoms with Gasteiger partial charge in [-0.25, -0.2) is 4.79 Å². The molecule has 0 radical (unpaired) electrons. The molecule has 4 rings (SSSR count). The predicted molar refractivity (Wildman–Crippen MR) is 117 cm³/mol. The summed E-state index contributed by atoms with van der Waals surface area (Å²) in [5.41, 5.74) is 1.31. The Hall–Kier alpha value is -3.52. The highest BCUT2D eigenvalue weighted by atomic mass is 35.5. The Morgan fingerprint density at radius 1 is 1.12 bits per heavy atom. The lowest BCUT2D eigenvalue weighted by atomic mass is 10.1. The zero-order valence-corrected chi connectivity index (χ0v) is 18.0. The number of benzene rings is 2. The summed E-state index contributed by atoms with van der Waals surface area (Å²) in [7, 11) is 0. The molecule has 1 amide bonds. The molecule has 166 valence electrons. The molecule has 1 aromatic heterocycles. The van der Waals surface area contributed by atoms with Gasteiger partial charge in [0.1, 0.15) is 12.2 Å². The third-order valence-electron chi connectivity index (χ3n) is 4.75. The molecule has 8 nitrogen and oxygen atoms in total. The predicted octanol–water partition coefficient (Wildman–Crippen LogP) is 3.85. The van der Waals surface area contributed by atoms with Crippen molar-refractivity contribution >= 4 is 40.1 Å². The van der Waals surface area contributed by atoms with E-state index in [0.29, 0.717) is 51.9 Å². The van der Waals surface area contributed by atoms with Gasteiger partial charge in [0.2, 0.25) is 5.91 Å². The Morgan fingerprint density at radius 3 is 2.75 bits per heavy atom. The lowest BCUT2D eigenvalue weighted by Crippen LogP contribution is -2.10. The molecule has 1 N–H and O–H groups in total. The van der Waals surface area contributed by atoms with Crippen molar-refractivity contribution in [1.82, 2.24) is 0 Å². The number of carbonyl (C=O) groups excluding carboxylic acids is 2. The molecule has 1 aliphatic heterocycles. The van der Waals surface area contributed by atoms with E-state index in [1.165, 1.54) is 13.0 Å². The number of hydrogen-bond acceptors (Lipinski definition) is 7. The van der Waals surface area contributed by atoms with E-state index in [1.807, 2.05) is 0 Å². The minimum absolute atomic E-state index is 0.0254. The maximum Gasteiger partial charge on any atom is 0.336 e. The maximum atomic E-state index is 12.4. The Labute approximate surface area is 188 Å². The molecule has 9 heteroatoms. The summed E-state index contributed by atoms with van der Waals surface area (Å²) in [6.45, 7) is 2.29. The Morgan fingerprint density at radius 2 is 1.94 bits per heavy atom. The van der Waals surface area contributed by atoms with Crippen LogP contribution in [0.25, 0.3) is 11.0 Å². The molecule has 0 unspecified atom stereocenters. The van der Waals surface area contributed by atoms with E-state index in [-0.39, 0.29) is 24.5 Å². The molecule has 1 aliphatic rings. The number of nitrogens with one attached hydrogen (secondary N) is 1. The van der Waals surface area contributed by atoms with Gasteiger partial charge in [0.05, 0.1) is 24.7 Å². The molecule has 2 aromatic carbocycles. The summed E-state index contributed by atoms with van der Waals surface area (Å²) in [4.78, 5) is 35.6. The second kappa shape index (κ2) is 9.32. The molecule has 0 fully saturated rings. The van der Waals surface area contributed by atoms with Crippen LogP contribution in [0, 0.1) is 0 Å². The average Bonchev–Trinajstić information content (AvgIpc) is 2.97. The number of rotatable bonds is 5. The molecule has 0 saturated carbocycles. The highest BCUT2D eigenvalue weighted by molar-refractivity contribution is 6.32. The number of fused-ring (bicyclic) bond motifs is 2. The second-order valence-electron chi connectivity index (χ2n) is 7.28. The van der Waals surface area contributed by atoms with E-state index in [1.54, 1.807) is 30.3 Å². The fourth-order valence-corrected chi connectivity index (χ4v) is 3.68. The van der Waals surface area contributed by atoms with Crippen molar-refractivity contribution in [3.8, 4) is 11.5 Å². The third-order valence-corrected chi connectivity index (χ3v) is 5.03. The summed E-state index contributed by atoms with van der Waals surface area (Å²) >= 11 is 6.27. The first-order valence-electron chi connectivity index (χ1n) is 9.97. The van der Waals surface area contributed by atoms with Gasteiger partial charge >= 0.3 is 11.6 Å². The molecule has 0 atom stereocenters.